The second-order valence-corrected chi connectivity index (χ2v) is 7.91. The fraction of sp³-hybridized carbons (Fsp3) is 0.333. The van der Waals surface area contributed by atoms with E-state index in [1.54, 1.807) is 24.3 Å². The van der Waals surface area contributed by atoms with Gasteiger partial charge in [-0.3, -0.25) is 14.5 Å². The highest BCUT2D eigenvalue weighted by Crippen LogP contribution is 2.25. The second-order valence-electron chi connectivity index (χ2n) is 6.99. The number of para-hydroxylation sites is 2. The minimum Gasteiger partial charge on any atom is -0.506 e. The summed E-state index contributed by atoms with van der Waals surface area (Å²) in [5.41, 5.74) is 1.18. The van der Waals surface area contributed by atoms with Crippen LogP contribution in [0.1, 0.15) is 19.8 Å². The van der Waals surface area contributed by atoms with Crippen molar-refractivity contribution in [1.82, 2.24) is 4.90 Å². The molecule has 1 fully saturated rings. The number of piperidine rings is 1. The van der Waals surface area contributed by atoms with E-state index in [-0.39, 0.29) is 29.5 Å². The van der Waals surface area contributed by atoms with Crippen LogP contribution in [-0.4, -0.2) is 41.0 Å². The van der Waals surface area contributed by atoms with Crippen molar-refractivity contribution < 1.29 is 14.7 Å². The number of nitrogens with one attached hydrogen (secondary N) is 2. The molecule has 7 heteroatoms. The van der Waals surface area contributed by atoms with Crippen molar-refractivity contribution in [3.05, 3.63) is 53.0 Å². The van der Waals surface area contributed by atoms with Crippen molar-refractivity contribution in [3.8, 4) is 5.75 Å². The molecule has 3 rings (SSSR count). The number of aromatic hydroxyl groups is 1. The first kappa shape index (κ1) is 20.4. The molecule has 2 aromatic carbocycles. The zero-order valence-electron chi connectivity index (χ0n) is 15.7. The molecule has 2 amide bonds. The molecular weight excluding hydrogens is 422 g/mol. The number of anilines is 2. The van der Waals surface area contributed by atoms with E-state index in [0.29, 0.717) is 31.6 Å². The molecule has 1 heterocycles. The van der Waals surface area contributed by atoms with E-state index in [0.717, 1.165) is 10.2 Å². The molecule has 0 radical (unpaired) electrons. The molecule has 0 spiro atoms. The maximum atomic E-state index is 12.5. The molecule has 148 valence electrons. The van der Waals surface area contributed by atoms with Gasteiger partial charge in [0.25, 0.3) is 0 Å². The standard InChI is InChI=1S/C21H24BrN3O3/c1-14(20(27)23-17-6-4-5-16(22)13-17)25-11-9-15(10-12-25)21(28)24-18-7-2-3-8-19(18)26/h2-8,13-15,26H,9-12H2,1H3,(H,23,27)(H,24,28)/t14-/m1/s1. The third-order valence-electron chi connectivity index (χ3n) is 5.08. The fourth-order valence-corrected chi connectivity index (χ4v) is 3.74. The number of amides is 2. The van der Waals surface area contributed by atoms with Gasteiger partial charge in [-0.05, 0) is 63.2 Å². The molecule has 28 heavy (non-hydrogen) atoms. The lowest BCUT2D eigenvalue weighted by atomic mass is 9.94. The monoisotopic (exact) mass is 445 g/mol. The van der Waals surface area contributed by atoms with Crippen molar-refractivity contribution in [2.45, 2.75) is 25.8 Å². The van der Waals surface area contributed by atoms with Crippen LogP contribution in [0.15, 0.2) is 53.0 Å². The number of nitrogens with zero attached hydrogens (tertiary/aromatic N) is 1. The lowest BCUT2D eigenvalue weighted by molar-refractivity contribution is -0.123. The Morgan fingerprint density at radius 2 is 1.82 bits per heavy atom. The topological polar surface area (TPSA) is 81.7 Å². The Kier molecular flexibility index (Phi) is 6.70. The number of benzene rings is 2. The SMILES string of the molecule is C[C@H](C(=O)Nc1cccc(Br)c1)N1CCC(C(=O)Nc2ccccc2O)CC1. The minimum absolute atomic E-state index is 0.0600. The lowest BCUT2D eigenvalue weighted by Crippen LogP contribution is -2.47. The molecule has 1 aliphatic rings. The van der Waals surface area contributed by atoms with Crippen LogP contribution < -0.4 is 10.6 Å². The minimum atomic E-state index is -0.277. The number of likely N-dealkylation sites (tertiary alicyclic amines) is 1. The van der Waals surface area contributed by atoms with E-state index in [9.17, 15) is 14.7 Å². The van der Waals surface area contributed by atoms with Gasteiger partial charge in [0.05, 0.1) is 11.7 Å². The Morgan fingerprint density at radius 3 is 2.50 bits per heavy atom. The smallest absolute Gasteiger partial charge is 0.241 e. The highest BCUT2D eigenvalue weighted by molar-refractivity contribution is 9.10. The molecule has 0 unspecified atom stereocenters. The van der Waals surface area contributed by atoms with Crippen LogP contribution in [-0.2, 0) is 9.59 Å². The van der Waals surface area contributed by atoms with Gasteiger partial charge in [-0.25, -0.2) is 0 Å². The predicted octanol–water partition coefficient (Wildman–Crippen LogP) is 3.83. The van der Waals surface area contributed by atoms with E-state index in [1.807, 2.05) is 31.2 Å². The third-order valence-corrected chi connectivity index (χ3v) is 5.57. The quantitative estimate of drug-likeness (QED) is 0.610. The van der Waals surface area contributed by atoms with Gasteiger partial charge in [0.2, 0.25) is 11.8 Å². The van der Waals surface area contributed by atoms with Gasteiger partial charge in [-0.1, -0.05) is 34.1 Å². The van der Waals surface area contributed by atoms with Gasteiger partial charge in [0, 0.05) is 16.1 Å². The first-order valence-electron chi connectivity index (χ1n) is 9.33. The van der Waals surface area contributed by atoms with Gasteiger partial charge >= 0.3 is 0 Å². The Labute approximate surface area is 173 Å². The number of phenolic OH excluding ortho intramolecular Hbond substituents is 1. The Morgan fingerprint density at radius 1 is 1.11 bits per heavy atom. The van der Waals surface area contributed by atoms with Crippen molar-refractivity contribution in [2.24, 2.45) is 5.92 Å². The van der Waals surface area contributed by atoms with Crippen molar-refractivity contribution >= 4 is 39.1 Å². The summed E-state index contributed by atoms with van der Waals surface area (Å²) in [6, 6.07) is 13.9. The highest BCUT2D eigenvalue weighted by Gasteiger charge is 2.30. The lowest BCUT2D eigenvalue weighted by Gasteiger charge is -2.34. The van der Waals surface area contributed by atoms with Gasteiger partial charge in [0.15, 0.2) is 0 Å². The molecule has 1 saturated heterocycles. The molecule has 1 atom stereocenters. The predicted molar refractivity (Wildman–Crippen MR) is 113 cm³/mol. The number of hydrogen-bond acceptors (Lipinski definition) is 4. The molecule has 6 nitrogen and oxygen atoms in total. The first-order chi connectivity index (χ1) is 13.4. The van der Waals surface area contributed by atoms with Crippen molar-refractivity contribution in [1.29, 1.82) is 0 Å². The summed E-state index contributed by atoms with van der Waals surface area (Å²) < 4.78 is 0.911. The normalized spacial score (nSPS) is 16.4. The van der Waals surface area contributed by atoms with E-state index in [2.05, 4.69) is 31.5 Å². The number of carbonyl (C=O) groups excluding carboxylic acids is 2. The van der Waals surface area contributed by atoms with Gasteiger partial charge < -0.3 is 15.7 Å². The van der Waals surface area contributed by atoms with Gasteiger partial charge in [-0.2, -0.15) is 0 Å². The summed E-state index contributed by atoms with van der Waals surface area (Å²) in [6.45, 7) is 3.23. The average molecular weight is 446 g/mol. The van der Waals surface area contributed by atoms with Gasteiger partial charge in [-0.15, -0.1) is 0 Å². The maximum Gasteiger partial charge on any atom is 0.241 e. The number of halogens is 1. The molecular formula is C21H24BrN3O3. The van der Waals surface area contributed by atoms with E-state index < -0.39 is 0 Å². The largest absolute Gasteiger partial charge is 0.506 e. The number of hydrogen-bond donors (Lipinski definition) is 3. The summed E-state index contributed by atoms with van der Waals surface area (Å²) in [5.74, 6) is -0.218. The van der Waals surface area contributed by atoms with E-state index >= 15 is 0 Å². The Bertz CT molecular complexity index is 850. The summed E-state index contributed by atoms with van der Waals surface area (Å²) in [4.78, 5) is 27.1. The zero-order chi connectivity index (χ0) is 20.1. The highest BCUT2D eigenvalue weighted by atomic mass is 79.9. The van der Waals surface area contributed by atoms with Crippen LogP contribution in [0.3, 0.4) is 0 Å². The molecule has 0 saturated carbocycles. The average Bonchev–Trinajstić information content (AvgIpc) is 2.69. The number of rotatable bonds is 5. The van der Waals surface area contributed by atoms with Crippen LogP contribution in [0, 0.1) is 5.92 Å². The number of carbonyl (C=O) groups is 2. The van der Waals surface area contributed by atoms with Crippen LogP contribution in [0.5, 0.6) is 5.75 Å². The zero-order valence-corrected chi connectivity index (χ0v) is 17.3. The summed E-state index contributed by atoms with van der Waals surface area (Å²) in [6.07, 6.45) is 1.35. The first-order valence-corrected chi connectivity index (χ1v) is 10.1. The Balaban J connectivity index is 1.50. The van der Waals surface area contributed by atoms with E-state index in [4.69, 9.17) is 0 Å². The van der Waals surface area contributed by atoms with Crippen LogP contribution >= 0.6 is 15.9 Å². The number of phenols is 1. The molecule has 0 aromatic heterocycles. The molecule has 0 bridgehead atoms. The fourth-order valence-electron chi connectivity index (χ4n) is 3.34. The summed E-state index contributed by atoms with van der Waals surface area (Å²) >= 11 is 3.40. The Hall–Kier alpha value is -2.38. The molecule has 0 aliphatic carbocycles. The van der Waals surface area contributed by atoms with E-state index in [1.165, 1.54) is 0 Å². The van der Waals surface area contributed by atoms with Crippen molar-refractivity contribution in [2.75, 3.05) is 23.7 Å². The molecule has 3 N–H and O–H groups in total. The summed E-state index contributed by atoms with van der Waals surface area (Å²) in [7, 11) is 0. The van der Waals surface area contributed by atoms with Crippen LogP contribution in [0.4, 0.5) is 11.4 Å². The third kappa shape index (κ3) is 5.11. The molecule has 1 aliphatic heterocycles. The summed E-state index contributed by atoms with van der Waals surface area (Å²) in [5, 5.41) is 15.5. The van der Waals surface area contributed by atoms with Crippen LogP contribution in [0.25, 0.3) is 0 Å². The second kappa shape index (κ2) is 9.21. The van der Waals surface area contributed by atoms with Crippen molar-refractivity contribution in [3.63, 3.8) is 0 Å². The van der Waals surface area contributed by atoms with Crippen LogP contribution in [0.2, 0.25) is 0 Å². The maximum absolute atomic E-state index is 12.5. The molecule has 2 aromatic rings. The van der Waals surface area contributed by atoms with Gasteiger partial charge in [0.1, 0.15) is 5.75 Å².